The zero-order valence-electron chi connectivity index (χ0n) is 10.5. The Labute approximate surface area is 108 Å². The molecule has 2 N–H and O–H groups in total. The van der Waals surface area contributed by atoms with E-state index in [1.54, 1.807) is 24.3 Å². The third-order valence-electron chi connectivity index (χ3n) is 3.26. The third kappa shape index (κ3) is 3.27. The van der Waals surface area contributed by atoms with Crippen LogP contribution in [0.15, 0.2) is 48.5 Å². The molecule has 2 nitrogen and oxygen atoms in total. The van der Waals surface area contributed by atoms with Crippen LogP contribution in [-0.4, -0.2) is 10.2 Å². The van der Waals surface area contributed by atoms with Gasteiger partial charge in [0.25, 0.3) is 0 Å². The number of phenols is 2. The number of aromatic hydroxyl groups is 2. The van der Waals surface area contributed by atoms with Crippen molar-refractivity contribution in [3.05, 3.63) is 59.7 Å². The summed E-state index contributed by atoms with van der Waals surface area (Å²) in [6.07, 6.45) is 2.04. The van der Waals surface area contributed by atoms with Gasteiger partial charge in [-0.1, -0.05) is 31.2 Å². The normalized spacial score (nSPS) is 12.3. The van der Waals surface area contributed by atoms with Gasteiger partial charge in [-0.2, -0.15) is 0 Å². The van der Waals surface area contributed by atoms with E-state index in [1.165, 1.54) is 11.1 Å². The predicted octanol–water partition coefficient (Wildman–Crippen LogP) is 3.83. The summed E-state index contributed by atoms with van der Waals surface area (Å²) in [6, 6.07) is 14.8. The molecule has 18 heavy (non-hydrogen) atoms. The summed E-state index contributed by atoms with van der Waals surface area (Å²) in [5.74, 6) is 1.08. The van der Waals surface area contributed by atoms with Gasteiger partial charge < -0.3 is 10.2 Å². The average Bonchev–Trinajstić information content (AvgIpc) is 2.38. The van der Waals surface area contributed by atoms with Crippen molar-refractivity contribution < 1.29 is 10.2 Å². The maximum atomic E-state index is 9.25. The largest absolute Gasteiger partial charge is 0.508 e. The van der Waals surface area contributed by atoms with E-state index in [0.29, 0.717) is 17.4 Å². The smallest absolute Gasteiger partial charge is 0.115 e. The first-order valence-corrected chi connectivity index (χ1v) is 6.22. The minimum absolute atomic E-state index is 0.310. The molecule has 2 aromatic rings. The Morgan fingerprint density at radius 2 is 1.33 bits per heavy atom. The molecule has 0 fully saturated rings. The van der Waals surface area contributed by atoms with Gasteiger partial charge in [0.1, 0.15) is 11.5 Å². The fourth-order valence-corrected chi connectivity index (χ4v) is 2.02. The molecule has 0 amide bonds. The van der Waals surface area contributed by atoms with E-state index in [1.807, 2.05) is 24.3 Å². The second-order valence-corrected chi connectivity index (χ2v) is 4.70. The molecule has 2 aromatic carbocycles. The zero-order chi connectivity index (χ0) is 13.0. The molecule has 1 atom stereocenters. The van der Waals surface area contributed by atoms with Gasteiger partial charge in [-0.25, -0.2) is 0 Å². The molecule has 0 aliphatic rings. The lowest BCUT2D eigenvalue weighted by molar-refractivity contribution is 0.474. The van der Waals surface area contributed by atoms with Crippen LogP contribution in [-0.2, 0) is 6.42 Å². The van der Waals surface area contributed by atoms with Crippen LogP contribution >= 0.6 is 0 Å². The summed E-state index contributed by atoms with van der Waals surface area (Å²) in [5, 5.41) is 18.5. The Morgan fingerprint density at radius 1 is 0.833 bits per heavy atom. The van der Waals surface area contributed by atoms with Gasteiger partial charge in [-0.15, -0.1) is 0 Å². The minimum atomic E-state index is 0.310. The van der Waals surface area contributed by atoms with Gasteiger partial charge >= 0.3 is 0 Å². The third-order valence-corrected chi connectivity index (χ3v) is 3.26. The van der Waals surface area contributed by atoms with Crippen LogP contribution in [0.2, 0.25) is 0 Å². The molecule has 0 aromatic heterocycles. The van der Waals surface area contributed by atoms with Crippen molar-refractivity contribution in [2.75, 3.05) is 0 Å². The number of rotatable bonds is 4. The van der Waals surface area contributed by atoms with Gasteiger partial charge in [-0.3, -0.25) is 0 Å². The molecular weight excluding hydrogens is 224 g/mol. The van der Waals surface area contributed by atoms with Crippen molar-refractivity contribution in [1.82, 2.24) is 0 Å². The molecule has 0 saturated heterocycles. The van der Waals surface area contributed by atoms with Crippen LogP contribution in [0.25, 0.3) is 0 Å². The summed E-state index contributed by atoms with van der Waals surface area (Å²) in [5.41, 5.74) is 2.48. The highest BCUT2D eigenvalue weighted by molar-refractivity contribution is 5.29. The quantitative estimate of drug-likeness (QED) is 0.855. The van der Waals surface area contributed by atoms with Crippen molar-refractivity contribution in [2.24, 2.45) is 0 Å². The molecule has 94 valence electrons. The highest BCUT2D eigenvalue weighted by Gasteiger charge is 2.06. The molecule has 0 radical (unpaired) electrons. The van der Waals surface area contributed by atoms with Gasteiger partial charge in [0.2, 0.25) is 0 Å². The van der Waals surface area contributed by atoms with E-state index in [2.05, 4.69) is 6.92 Å². The molecule has 0 aliphatic heterocycles. The number of aryl methyl sites for hydroxylation is 1. The second kappa shape index (κ2) is 5.58. The Balaban J connectivity index is 1.93. The molecule has 0 saturated carbocycles. The van der Waals surface area contributed by atoms with Crippen molar-refractivity contribution in [1.29, 1.82) is 0 Å². The second-order valence-electron chi connectivity index (χ2n) is 4.70. The molecule has 0 heterocycles. The Bertz CT molecular complexity index is 486. The first kappa shape index (κ1) is 12.5. The first-order valence-electron chi connectivity index (χ1n) is 6.22. The summed E-state index contributed by atoms with van der Waals surface area (Å²) in [4.78, 5) is 0. The SMILES string of the molecule is CC(CCc1ccc(O)cc1)c1ccc(O)cc1. The average molecular weight is 242 g/mol. The summed E-state index contributed by atoms with van der Waals surface area (Å²) < 4.78 is 0. The fourth-order valence-electron chi connectivity index (χ4n) is 2.02. The summed E-state index contributed by atoms with van der Waals surface area (Å²) >= 11 is 0. The molecule has 2 heteroatoms. The van der Waals surface area contributed by atoms with Gasteiger partial charge in [0.05, 0.1) is 0 Å². The molecule has 0 spiro atoms. The summed E-state index contributed by atoms with van der Waals surface area (Å²) in [7, 11) is 0. The standard InChI is InChI=1S/C16H18O2/c1-12(14-6-10-16(18)11-7-14)2-3-13-4-8-15(17)9-5-13/h4-12,17-18H,2-3H2,1H3. The van der Waals surface area contributed by atoms with Crippen LogP contribution in [0, 0.1) is 0 Å². The van der Waals surface area contributed by atoms with E-state index >= 15 is 0 Å². The van der Waals surface area contributed by atoms with Crippen LogP contribution in [0.1, 0.15) is 30.4 Å². The van der Waals surface area contributed by atoms with Gasteiger partial charge in [0.15, 0.2) is 0 Å². The lowest BCUT2D eigenvalue weighted by atomic mass is 9.94. The lowest BCUT2D eigenvalue weighted by Crippen LogP contribution is -1.96. The maximum Gasteiger partial charge on any atom is 0.115 e. The van der Waals surface area contributed by atoms with E-state index in [9.17, 15) is 10.2 Å². The first-order chi connectivity index (χ1) is 8.65. The van der Waals surface area contributed by atoms with Crippen LogP contribution in [0.5, 0.6) is 11.5 Å². The topological polar surface area (TPSA) is 40.5 Å². The predicted molar refractivity (Wildman–Crippen MR) is 72.9 cm³/mol. The highest BCUT2D eigenvalue weighted by Crippen LogP contribution is 2.23. The van der Waals surface area contributed by atoms with Crippen LogP contribution < -0.4 is 0 Å². The highest BCUT2D eigenvalue weighted by atomic mass is 16.3. The van der Waals surface area contributed by atoms with Crippen LogP contribution in [0.3, 0.4) is 0 Å². The molecule has 0 bridgehead atoms. The molecule has 1 unspecified atom stereocenters. The Morgan fingerprint density at radius 3 is 1.89 bits per heavy atom. The Hall–Kier alpha value is -1.96. The van der Waals surface area contributed by atoms with E-state index in [4.69, 9.17) is 0 Å². The molecule has 2 rings (SSSR count). The fraction of sp³-hybridized carbons (Fsp3) is 0.250. The Kier molecular flexibility index (Phi) is 3.88. The van der Waals surface area contributed by atoms with Crippen molar-refractivity contribution in [2.45, 2.75) is 25.7 Å². The number of hydrogen-bond acceptors (Lipinski definition) is 2. The van der Waals surface area contributed by atoms with E-state index < -0.39 is 0 Å². The number of benzene rings is 2. The van der Waals surface area contributed by atoms with E-state index in [0.717, 1.165) is 12.8 Å². The van der Waals surface area contributed by atoms with Crippen molar-refractivity contribution >= 4 is 0 Å². The number of phenolic OH excluding ortho intramolecular Hbond substituents is 2. The maximum absolute atomic E-state index is 9.25. The summed E-state index contributed by atoms with van der Waals surface area (Å²) in [6.45, 7) is 2.19. The monoisotopic (exact) mass is 242 g/mol. The van der Waals surface area contributed by atoms with Crippen molar-refractivity contribution in [3.63, 3.8) is 0 Å². The lowest BCUT2D eigenvalue weighted by Gasteiger charge is -2.12. The zero-order valence-corrected chi connectivity index (χ0v) is 10.5. The minimum Gasteiger partial charge on any atom is -0.508 e. The van der Waals surface area contributed by atoms with Crippen LogP contribution in [0.4, 0.5) is 0 Å². The molecular formula is C16H18O2. The van der Waals surface area contributed by atoms with E-state index in [-0.39, 0.29) is 0 Å². The van der Waals surface area contributed by atoms with Crippen molar-refractivity contribution in [3.8, 4) is 11.5 Å². The molecule has 0 aliphatic carbocycles. The number of hydrogen-bond donors (Lipinski definition) is 2. The van der Waals surface area contributed by atoms with Gasteiger partial charge in [0, 0.05) is 0 Å². The van der Waals surface area contributed by atoms with Gasteiger partial charge in [-0.05, 0) is 54.2 Å².